The fourth-order valence-corrected chi connectivity index (χ4v) is 1.80. The SMILES string of the molecule is CC(C)Cc1ccc(NCCNC(C)C)cc1. The second kappa shape index (κ2) is 7.33. The quantitative estimate of drug-likeness (QED) is 0.707. The molecule has 2 nitrogen and oxygen atoms in total. The fraction of sp³-hybridized carbons (Fsp3) is 0.600. The van der Waals surface area contributed by atoms with Crippen LogP contribution in [0.15, 0.2) is 24.3 Å². The van der Waals surface area contributed by atoms with Gasteiger partial charge in [-0.2, -0.15) is 0 Å². The Morgan fingerprint density at radius 3 is 2.12 bits per heavy atom. The topological polar surface area (TPSA) is 24.1 Å². The summed E-state index contributed by atoms with van der Waals surface area (Å²) in [6, 6.07) is 9.35. The van der Waals surface area contributed by atoms with E-state index < -0.39 is 0 Å². The maximum Gasteiger partial charge on any atom is 0.0340 e. The minimum absolute atomic E-state index is 0.560. The molecule has 0 amide bonds. The summed E-state index contributed by atoms with van der Waals surface area (Å²) in [5.41, 5.74) is 2.63. The van der Waals surface area contributed by atoms with Crippen molar-refractivity contribution in [3.05, 3.63) is 29.8 Å². The molecule has 0 bridgehead atoms. The van der Waals surface area contributed by atoms with Crippen LogP contribution in [-0.2, 0) is 6.42 Å². The van der Waals surface area contributed by atoms with Crippen LogP contribution in [0.4, 0.5) is 5.69 Å². The molecule has 2 heteroatoms. The molecule has 0 aromatic heterocycles. The summed E-state index contributed by atoms with van der Waals surface area (Å²) in [4.78, 5) is 0. The second-order valence-corrected chi connectivity index (χ2v) is 5.33. The summed E-state index contributed by atoms with van der Waals surface area (Å²) in [5.74, 6) is 0.726. The fourth-order valence-electron chi connectivity index (χ4n) is 1.80. The number of hydrogen-bond donors (Lipinski definition) is 2. The molecular formula is C15H26N2. The van der Waals surface area contributed by atoms with Gasteiger partial charge in [-0.05, 0) is 30.0 Å². The lowest BCUT2D eigenvalue weighted by Crippen LogP contribution is -2.28. The first-order valence-corrected chi connectivity index (χ1v) is 6.64. The van der Waals surface area contributed by atoms with Gasteiger partial charge in [-0.15, -0.1) is 0 Å². The van der Waals surface area contributed by atoms with Crippen LogP contribution < -0.4 is 10.6 Å². The molecule has 0 aliphatic heterocycles. The van der Waals surface area contributed by atoms with E-state index in [1.807, 2.05) is 0 Å². The second-order valence-electron chi connectivity index (χ2n) is 5.33. The lowest BCUT2D eigenvalue weighted by Gasteiger charge is -2.11. The Labute approximate surface area is 106 Å². The molecule has 1 aromatic rings. The number of hydrogen-bond acceptors (Lipinski definition) is 2. The molecule has 17 heavy (non-hydrogen) atoms. The van der Waals surface area contributed by atoms with Gasteiger partial charge in [-0.1, -0.05) is 39.8 Å². The molecule has 0 heterocycles. The summed E-state index contributed by atoms with van der Waals surface area (Å²) in [5, 5.41) is 6.81. The van der Waals surface area contributed by atoms with Crippen LogP contribution in [0, 0.1) is 5.92 Å². The molecule has 0 aliphatic rings. The summed E-state index contributed by atoms with van der Waals surface area (Å²) in [7, 11) is 0. The zero-order valence-electron chi connectivity index (χ0n) is 11.6. The van der Waals surface area contributed by atoms with Gasteiger partial charge < -0.3 is 10.6 Å². The van der Waals surface area contributed by atoms with E-state index >= 15 is 0 Å². The van der Waals surface area contributed by atoms with E-state index in [-0.39, 0.29) is 0 Å². The van der Waals surface area contributed by atoms with E-state index in [2.05, 4.69) is 62.6 Å². The highest BCUT2D eigenvalue weighted by Gasteiger charge is 1.98. The van der Waals surface area contributed by atoms with Gasteiger partial charge in [0.15, 0.2) is 0 Å². The molecule has 0 unspecified atom stereocenters. The third-order valence-corrected chi connectivity index (χ3v) is 2.60. The smallest absolute Gasteiger partial charge is 0.0340 e. The van der Waals surface area contributed by atoms with Crippen LogP contribution in [0.3, 0.4) is 0 Å². The van der Waals surface area contributed by atoms with Gasteiger partial charge in [-0.25, -0.2) is 0 Å². The van der Waals surface area contributed by atoms with Crippen LogP contribution >= 0.6 is 0 Å². The predicted octanol–water partition coefficient (Wildman–Crippen LogP) is 3.30. The van der Waals surface area contributed by atoms with Crippen molar-refractivity contribution in [2.45, 2.75) is 40.2 Å². The molecule has 2 N–H and O–H groups in total. The van der Waals surface area contributed by atoms with Gasteiger partial charge in [0.2, 0.25) is 0 Å². The molecule has 0 radical (unpaired) electrons. The van der Waals surface area contributed by atoms with Crippen LogP contribution in [0.1, 0.15) is 33.3 Å². The third kappa shape index (κ3) is 6.32. The van der Waals surface area contributed by atoms with Crippen molar-refractivity contribution in [3.63, 3.8) is 0 Å². The number of nitrogens with one attached hydrogen (secondary N) is 2. The summed E-state index contributed by atoms with van der Waals surface area (Å²) in [6.45, 7) is 10.8. The van der Waals surface area contributed by atoms with Crippen molar-refractivity contribution < 1.29 is 0 Å². The summed E-state index contributed by atoms with van der Waals surface area (Å²) in [6.07, 6.45) is 1.16. The van der Waals surface area contributed by atoms with Crippen LogP contribution in [0.5, 0.6) is 0 Å². The third-order valence-electron chi connectivity index (χ3n) is 2.60. The number of anilines is 1. The Balaban J connectivity index is 2.30. The van der Waals surface area contributed by atoms with Crippen molar-refractivity contribution in [1.29, 1.82) is 0 Å². The van der Waals surface area contributed by atoms with E-state index in [4.69, 9.17) is 0 Å². The van der Waals surface area contributed by atoms with Crippen molar-refractivity contribution in [3.8, 4) is 0 Å². The predicted molar refractivity (Wildman–Crippen MR) is 76.6 cm³/mol. The van der Waals surface area contributed by atoms with Gasteiger partial charge in [-0.3, -0.25) is 0 Å². The van der Waals surface area contributed by atoms with Gasteiger partial charge in [0.05, 0.1) is 0 Å². The maximum atomic E-state index is 3.42. The van der Waals surface area contributed by atoms with Crippen molar-refractivity contribution in [1.82, 2.24) is 5.32 Å². The largest absolute Gasteiger partial charge is 0.384 e. The normalized spacial score (nSPS) is 11.2. The lowest BCUT2D eigenvalue weighted by atomic mass is 10.0. The van der Waals surface area contributed by atoms with E-state index in [0.29, 0.717) is 6.04 Å². The number of rotatable bonds is 7. The first kappa shape index (κ1) is 14.0. The first-order chi connectivity index (χ1) is 8.08. The van der Waals surface area contributed by atoms with Crippen molar-refractivity contribution in [2.24, 2.45) is 5.92 Å². The molecule has 0 fully saturated rings. The van der Waals surface area contributed by atoms with E-state index in [9.17, 15) is 0 Å². The molecule has 0 saturated carbocycles. The summed E-state index contributed by atoms with van der Waals surface area (Å²) < 4.78 is 0. The molecule has 0 aliphatic carbocycles. The van der Waals surface area contributed by atoms with Gasteiger partial charge >= 0.3 is 0 Å². The maximum absolute atomic E-state index is 3.42. The first-order valence-electron chi connectivity index (χ1n) is 6.64. The Morgan fingerprint density at radius 2 is 1.59 bits per heavy atom. The van der Waals surface area contributed by atoms with Crippen molar-refractivity contribution >= 4 is 5.69 Å². The molecule has 0 saturated heterocycles. The number of benzene rings is 1. The van der Waals surface area contributed by atoms with Crippen LogP contribution in [0.2, 0.25) is 0 Å². The molecule has 96 valence electrons. The highest BCUT2D eigenvalue weighted by atomic mass is 15.0. The highest BCUT2D eigenvalue weighted by molar-refractivity contribution is 5.44. The minimum atomic E-state index is 0.560. The van der Waals surface area contributed by atoms with Gasteiger partial charge in [0.25, 0.3) is 0 Å². The van der Waals surface area contributed by atoms with Gasteiger partial charge in [0.1, 0.15) is 0 Å². The molecule has 1 aromatic carbocycles. The van der Waals surface area contributed by atoms with E-state index in [1.165, 1.54) is 11.3 Å². The molecule has 0 spiro atoms. The monoisotopic (exact) mass is 234 g/mol. The zero-order valence-corrected chi connectivity index (χ0v) is 11.6. The standard InChI is InChI=1S/C15H26N2/c1-12(2)11-14-5-7-15(8-6-14)17-10-9-16-13(3)4/h5-8,12-13,16-17H,9-11H2,1-4H3. The summed E-state index contributed by atoms with van der Waals surface area (Å²) >= 11 is 0. The van der Waals surface area contributed by atoms with Crippen molar-refractivity contribution in [2.75, 3.05) is 18.4 Å². The van der Waals surface area contributed by atoms with E-state index in [0.717, 1.165) is 25.4 Å². The highest BCUT2D eigenvalue weighted by Crippen LogP contribution is 2.12. The van der Waals surface area contributed by atoms with Crippen LogP contribution in [-0.4, -0.2) is 19.1 Å². The van der Waals surface area contributed by atoms with Gasteiger partial charge in [0, 0.05) is 24.8 Å². The molecule has 1 rings (SSSR count). The molecule has 0 atom stereocenters. The Kier molecular flexibility index (Phi) is 6.06. The average Bonchev–Trinajstić information content (AvgIpc) is 2.25. The van der Waals surface area contributed by atoms with E-state index in [1.54, 1.807) is 0 Å². The Bertz CT molecular complexity index is 301. The Hall–Kier alpha value is -1.02. The average molecular weight is 234 g/mol. The zero-order chi connectivity index (χ0) is 12.7. The molecular weight excluding hydrogens is 208 g/mol. The lowest BCUT2D eigenvalue weighted by molar-refractivity contribution is 0.602. The Morgan fingerprint density at radius 1 is 0.941 bits per heavy atom. The minimum Gasteiger partial charge on any atom is -0.384 e. The van der Waals surface area contributed by atoms with Crippen LogP contribution in [0.25, 0.3) is 0 Å².